The van der Waals surface area contributed by atoms with Crippen LogP contribution >= 0.6 is 11.6 Å². The van der Waals surface area contributed by atoms with Crippen molar-refractivity contribution < 1.29 is 17.9 Å². The number of aromatic amines is 1. The van der Waals surface area contributed by atoms with E-state index in [1.807, 2.05) is 0 Å². The summed E-state index contributed by atoms with van der Waals surface area (Å²) in [6.45, 7) is 0. The van der Waals surface area contributed by atoms with Crippen LogP contribution in [0.1, 0.15) is 0 Å². The Morgan fingerprint density at radius 2 is 1.77 bits per heavy atom. The van der Waals surface area contributed by atoms with Crippen LogP contribution in [0.15, 0.2) is 47.3 Å². The van der Waals surface area contributed by atoms with Gasteiger partial charge in [-0.3, -0.25) is 4.57 Å². The van der Waals surface area contributed by atoms with E-state index in [4.69, 9.17) is 11.6 Å². The number of fused-ring (bicyclic) bond motifs is 1. The highest BCUT2D eigenvalue weighted by atomic mass is 35.5. The third-order valence-corrected chi connectivity index (χ3v) is 3.21. The van der Waals surface area contributed by atoms with Gasteiger partial charge in [0, 0.05) is 5.02 Å². The van der Waals surface area contributed by atoms with Gasteiger partial charge in [0.15, 0.2) is 0 Å². The smallest absolute Gasteiger partial charge is 0.406 e. The minimum atomic E-state index is -4.76. The molecule has 114 valence electrons. The zero-order valence-electron chi connectivity index (χ0n) is 10.8. The highest BCUT2D eigenvalue weighted by molar-refractivity contribution is 6.31. The summed E-state index contributed by atoms with van der Waals surface area (Å²) in [6.07, 6.45) is -4.76. The third kappa shape index (κ3) is 2.80. The van der Waals surface area contributed by atoms with Crippen LogP contribution in [-0.2, 0) is 0 Å². The van der Waals surface area contributed by atoms with E-state index in [-0.39, 0.29) is 5.75 Å². The molecule has 1 N–H and O–H groups in total. The maximum Gasteiger partial charge on any atom is 0.573 e. The molecule has 8 heteroatoms. The van der Waals surface area contributed by atoms with E-state index >= 15 is 0 Å². The lowest BCUT2D eigenvalue weighted by Crippen LogP contribution is -2.17. The number of halogens is 4. The van der Waals surface area contributed by atoms with Crippen molar-refractivity contribution >= 4 is 22.6 Å². The number of H-pyrrole nitrogens is 1. The summed E-state index contributed by atoms with van der Waals surface area (Å²) < 4.78 is 41.5. The second-order valence-corrected chi connectivity index (χ2v) is 4.91. The van der Waals surface area contributed by atoms with Gasteiger partial charge in [0.25, 0.3) is 0 Å². The molecule has 0 aliphatic rings. The quantitative estimate of drug-likeness (QED) is 0.776. The zero-order chi connectivity index (χ0) is 15.9. The predicted molar refractivity (Wildman–Crippen MR) is 75.6 cm³/mol. The maximum atomic E-state index is 12.1. The zero-order valence-corrected chi connectivity index (χ0v) is 11.6. The van der Waals surface area contributed by atoms with Crippen LogP contribution in [0, 0.1) is 0 Å². The van der Waals surface area contributed by atoms with Crippen LogP contribution in [0.3, 0.4) is 0 Å². The summed E-state index contributed by atoms with van der Waals surface area (Å²) in [5, 5.41) is 0.442. The van der Waals surface area contributed by atoms with Crippen molar-refractivity contribution in [1.29, 1.82) is 0 Å². The number of aromatic nitrogens is 2. The van der Waals surface area contributed by atoms with Gasteiger partial charge in [0.05, 0.1) is 16.7 Å². The number of hydrogen-bond donors (Lipinski definition) is 1. The van der Waals surface area contributed by atoms with Gasteiger partial charge in [-0.1, -0.05) is 11.6 Å². The molecule has 1 heterocycles. The number of rotatable bonds is 2. The number of imidazole rings is 1. The highest BCUT2D eigenvalue weighted by Crippen LogP contribution is 2.25. The minimum absolute atomic E-state index is 0.359. The number of hydrogen-bond acceptors (Lipinski definition) is 2. The number of ether oxygens (including phenoxy) is 1. The second-order valence-electron chi connectivity index (χ2n) is 4.47. The molecule has 3 rings (SSSR count). The number of nitrogens with zero attached hydrogens (tertiary/aromatic N) is 1. The summed E-state index contributed by atoms with van der Waals surface area (Å²) in [7, 11) is 0. The van der Waals surface area contributed by atoms with Gasteiger partial charge in [0.2, 0.25) is 0 Å². The first kappa shape index (κ1) is 14.5. The standard InChI is InChI=1S/C14H8ClF3N2O2/c15-8-1-6-11-12(7-8)20(13(21)19-11)9-2-4-10(5-3-9)22-14(16,17)18/h1-7H,(H,19,21). The first-order chi connectivity index (χ1) is 10.3. The Morgan fingerprint density at radius 1 is 1.09 bits per heavy atom. The average Bonchev–Trinajstić information content (AvgIpc) is 2.73. The molecule has 4 nitrogen and oxygen atoms in total. The third-order valence-electron chi connectivity index (χ3n) is 2.97. The number of alkyl halides is 3. The molecular weight excluding hydrogens is 321 g/mol. The van der Waals surface area contributed by atoms with Crippen LogP contribution in [-0.4, -0.2) is 15.9 Å². The van der Waals surface area contributed by atoms with Crippen LogP contribution in [0.25, 0.3) is 16.7 Å². The highest BCUT2D eigenvalue weighted by Gasteiger charge is 2.31. The van der Waals surface area contributed by atoms with E-state index in [0.717, 1.165) is 12.1 Å². The minimum Gasteiger partial charge on any atom is -0.406 e. The van der Waals surface area contributed by atoms with Gasteiger partial charge in [-0.25, -0.2) is 4.79 Å². The fourth-order valence-electron chi connectivity index (χ4n) is 2.13. The van der Waals surface area contributed by atoms with Crippen molar-refractivity contribution in [3.63, 3.8) is 0 Å². The average molecular weight is 329 g/mol. The first-order valence-electron chi connectivity index (χ1n) is 6.10. The molecule has 0 unspecified atom stereocenters. The summed E-state index contributed by atoms with van der Waals surface area (Å²) in [4.78, 5) is 14.7. The number of benzene rings is 2. The molecule has 0 saturated heterocycles. The Morgan fingerprint density at radius 3 is 2.41 bits per heavy atom. The van der Waals surface area contributed by atoms with Gasteiger partial charge >= 0.3 is 12.1 Å². The monoisotopic (exact) mass is 328 g/mol. The van der Waals surface area contributed by atoms with E-state index in [0.29, 0.717) is 21.7 Å². The molecule has 0 saturated carbocycles. The van der Waals surface area contributed by atoms with Crippen molar-refractivity contribution in [2.45, 2.75) is 6.36 Å². The molecule has 2 aromatic carbocycles. The number of nitrogens with one attached hydrogen (secondary N) is 1. The Bertz CT molecular complexity index is 882. The Hall–Kier alpha value is -2.41. The van der Waals surface area contributed by atoms with Crippen molar-refractivity contribution in [2.24, 2.45) is 0 Å². The van der Waals surface area contributed by atoms with Gasteiger partial charge < -0.3 is 9.72 Å². The van der Waals surface area contributed by atoms with Gasteiger partial charge in [-0.15, -0.1) is 13.2 Å². The lowest BCUT2D eigenvalue weighted by Gasteiger charge is -2.09. The van der Waals surface area contributed by atoms with Crippen LogP contribution in [0.2, 0.25) is 5.02 Å². The summed E-state index contributed by atoms with van der Waals surface area (Å²) in [6, 6.07) is 9.86. The van der Waals surface area contributed by atoms with E-state index < -0.39 is 12.1 Å². The lowest BCUT2D eigenvalue weighted by molar-refractivity contribution is -0.274. The fraction of sp³-hybridized carbons (Fsp3) is 0.0714. The van der Waals surface area contributed by atoms with Crippen LogP contribution in [0.4, 0.5) is 13.2 Å². The van der Waals surface area contributed by atoms with Crippen molar-refractivity contribution in [1.82, 2.24) is 9.55 Å². The molecule has 1 aromatic heterocycles. The van der Waals surface area contributed by atoms with Crippen molar-refractivity contribution in [3.8, 4) is 11.4 Å². The Kier molecular flexibility index (Phi) is 3.37. The lowest BCUT2D eigenvalue weighted by atomic mass is 10.2. The van der Waals surface area contributed by atoms with Crippen LogP contribution in [0.5, 0.6) is 5.75 Å². The van der Waals surface area contributed by atoms with Crippen molar-refractivity contribution in [2.75, 3.05) is 0 Å². The summed E-state index contributed by atoms with van der Waals surface area (Å²) in [5.74, 6) is -0.359. The van der Waals surface area contributed by atoms with E-state index in [9.17, 15) is 18.0 Å². The van der Waals surface area contributed by atoms with E-state index in [2.05, 4.69) is 9.72 Å². The molecule has 0 aliphatic carbocycles. The second kappa shape index (κ2) is 5.10. The van der Waals surface area contributed by atoms with Gasteiger partial charge in [-0.2, -0.15) is 0 Å². The molecule has 0 aliphatic heterocycles. The topological polar surface area (TPSA) is 47.0 Å². The normalized spacial score (nSPS) is 11.8. The molecule has 0 spiro atoms. The van der Waals surface area contributed by atoms with Gasteiger partial charge in [-0.05, 0) is 42.5 Å². The molecular formula is C14H8ClF3N2O2. The van der Waals surface area contributed by atoms with Crippen molar-refractivity contribution in [3.05, 3.63) is 58.0 Å². The van der Waals surface area contributed by atoms with E-state index in [1.54, 1.807) is 18.2 Å². The Balaban J connectivity index is 2.06. The summed E-state index contributed by atoms with van der Waals surface area (Å²) in [5.41, 5.74) is 1.09. The summed E-state index contributed by atoms with van der Waals surface area (Å²) >= 11 is 5.91. The molecule has 0 bridgehead atoms. The molecule has 0 radical (unpaired) electrons. The maximum absolute atomic E-state index is 12.1. The Labute approximate surface area is 126 Å². The first-order valence-corrected chi connectivity index (χ1v) is 6.48. The molecule has 0 atom stereocenters. The molecule has 3 aromatic rings. The van der Waals surface area contributed by atoms with E-state index in [1.165, 1.54) is 16.7 Å². The van der Waals surface area contributed by atoms with Crippen LogP contribution < -0.4 is 10.4 Å². The largest absolute Gasteiger partial charge is 0.573 e. The molecule has 0 amide bonds. The SMILES string of the molecule is O=c1[nH]c2ccc(Cl)cc2n1-c1ccc(OC(F)(F)F)cc1. The predicted octanol–water partition coefficient (Wildman–Crippen LogP) is 3.87. The van der Waals surface area contributed by atoms with Gasteiger partial charge in [0.1, 0.15) is 5.75 Å². The molecule has 0 fully saturated rings. The fourth-order valence-corrected chi connectivity index (χ4v) is 2.30. The molecule has 22 heavy (non-hydrogen) atoms.